The number of unbranched alkanes of at least 4 members (excludes halogenated alkanes) is 1. The quantitative estimate of drug-likeness (QED) is 0.599. The molecule has 1 unspecified atom stereocenters. The summed E-state index contributed by atoms with van der Waals surface area (Å²) in [6.07, 6.45) is 2.18. The number of benzene rings is 1. The highest BCUT2D eigenvalue weighted by atomic mass is 16.6. The smallest absolute Gasteiger partial charge is 0.269 e. The zero-order valence-electron chi connectivity index (χ0n) is 8.72. The maximum Gasteiger partial charge on any atom is 0.269 e. The topological polar surface area (TPSA) is 63.4 Å². The van der Waals surface area contributed by atoms with Gasteiger partial charge >= 0.3 is 0 Å². The first-order valence-electron chi connectivity index (χ1n) is 5.07. The third-order valence-electron chi connectivity index (χ3n) is 2.32. The Morgan fingerprint density at radius 2 is 2.00 bits per heavy atom. The van der Waals surface area contributed by atoms with Crippen LogP contribution >= 0.6 is 0 Å². The van der Waals surface area contributed by atoms with Crippen LogP contribution in [0, 0.1) is 10.1 Å². The van der Waals surface area contributed by atoms with E-state index in [1.54, 1.807) is 12.1 Å². The van der Waals surface area contributed by atoms with E-state index in [0.29, 0.717) is 6.42 Å². The Labute approximate surface area is 88.7 Å². The average molecular weight is 209 g/mol. The van der Waals surface area contributed by atoms with E-state index in [2.05, 4.69) is 6.92 Å². The highest BCUT2D eigenvalue weighted by Gasteiger charge is 2.09. The van der Waals surface area contributed by atoms with Crippen molar-refractivity contribution in [1.82, 2.24) is 0 Å². The van der Waals surface area contributed by atoms with Crippen molar-refractivity contribution in [3.05, 3.63) is 39.9 Å². The molecule has 1 aromatic rings. The van der Waals surface area contributed by atoms with E-state index in [9.17, 15) is 15.2 Å². The number of nitro groups is 1. The number of aliphatic hydroxyl groups is 1. The molecule has 0 radical (unpaired) electrons. The van der Waals surface area contributed by atoms with Crippen molar-refractivity contribution in [3.63, 3.8) is 0 Å². The zero-order valence-corrected chi connectivity index (χ0v) is 8.72. The number of aliphatic hydroxyl groups excluding tert-OH is 1. The normalized spacial score (nSPS) is 12.4. The molecule has 0 saturated carbocycles. The van der Waals surface area contributed by atoms with Crippen LogP contribution in [0.4, 0.5) is 5.69 Å². The van der Waals surface area contributed by atoms with Crippen molar-refractivity contribution in [3.8, 4) is 0 Å². The van der Waals surface area contributed by atoms with Gasteiger partial charge in [-0.3, -0.25) is 10.1 Å². The van der Waals surface area contributed by atoms with Crippen molar-refractivity contribution in [1.29, 1.82) is 0 Å². The highest BCUT2D eigenvalue weighted by Crippen LogP contribution is 2.21. The molecule has 4 nitrogen and oxygen atoms in total. The molecule has 0 aliphatic rings. The summed E-state index contributed by atoms with van der Waals surface area (Å²) in [6.45, 7) is 2.06. The van der Waals surface area contributed by atoms with Crippen molar-refractivity contribution < 1.29 is 10.0 Å². The maximum atomic E-state index is 10.4. The third-order valence-corrected chi connectivity index (χ3v) is 2.32. The maximum absolute atomic E-state index is 10.4. The average Bonchev–Trinajstić information content (AvgIpc) is 2.26. The molecule has 0 amide bonds. The van der Waals surface area contributed by atoms with Crippen LogP contribution in [0.2, 0.25) is 0 Å². The fourth-order valence-corrected chi connectivity index (χ4v) is 1.38. The summed E-state index contributed by atoms with van der Waals surface area (Å²) >= 11 is 0. The molecule has 0 fully saturated rings. The number of rotatable bonds is 5. The molecule has 82 valence electrons. The van der Waals surface area contributed by atoms with Crippen molar-refractivity contribution in [2.45, 2.75) is 32.3 Å². The molecule has 4 heteroatoms. The first-order valence-corrected chi connectivity index (χ1v) is 5.07. The van der Waals surface area contributed by atoms with E-state index in [-0.39, 0.29) is 5.69 Å². The van der Waals surface area contributed by atoms with E-state index >= 15 is 0 Å². The second-order valence-corrected chi connectivity index (χ2v) is 3.51. The molecule has 1 rings (SSSR count). The lowest BCUT2D eigenvalue weighted by Crippen LogP contribution is -1.97. The fourth-order valence-electron chi connectivity index (χ4n) is 1.38. The summed E-state index contributed by atoms with van der Waals surface area (Å²) < 4.78 is 0. The number of nitro benzene ring substituents is 1. The standard InChI is InChI=1S/C11H15NO3/c1-2-3-4-11(13)9-5-7-10(8-6-9)12(14)15/h5-8,11,13H,2-4H2,1H3. The van der Waals surface area contributed by atoms with Gasteiger partial charge in [0, 0.05) is 12.1 Å². The molecule has 0 aromatic heterocycles. The van der Waals surface area contributed by atoms with Gasteiger partial charge in [-0.25, -0.2) is 0 Å². The minimum absolute atomic E-state index is 0.0569. The van der Waals surface area contributed by atoms with Gasteiger partial charge in [0.05, 0.1) is 11.0 Å². The summed E-state index contributed by atoms with van der Waals surface area (Å²) in [6, 6.07) is 6.06. The number of nitrogens with zero attached hydrogens (tertiary/aromatic N) is 1. The van der Waals surface area contributed by atoms with Crippen LogP contribution in [-0.4, -0.2) is 10.0 Å². The third kappa shape index (κ3) is 3.32. The van der Waals surface area contributed by atoms with E-state index in [1.807, 2.05) is 0 Å². The van der Waals surface area contributed by atoms with Crippen LogP contribution in [0.25, 0.3) is 0 Å². The molecule has 0 aliphatic carbocycles. The zero-order chi connectivity index (χ0) is 11.3. The van der Waals surface area contributed by atoms with Gasteiger partial charge in [0.15, 0.2) is 0 Å². The molecule has 0 saturated heterocycles. The van der Waals surface area contributed by atoms with Crippen LogP contribution in [-0.2, 0) is 0 Å². The van der Waals surface area contributed by atoms with Gasteiger partial charge in [-0.05, 0) is 24.1 Å². The van der Waals surface area contributed by atoms with Crippen LogP contribution < -0.4 is 0 Å². The summed E-state index contributed by atoms with van der Waals surface area (Å²) in [4.78, 5) is 9.95. The van der Waals surface area contributed by atoms with Gasteiger partial charge < -0.3 is 5.11 Å². The first kappa shape index (κ1) is 11.7. The second-order valence-electron chi connectivity index (χ2n) is 3.51. The van der Waals surface area contributed by atoms with E-state index in [4.69, 9.17) is 0 Å². The highest BCUT2D eigenvalue weighted by molar-refractivity contribution is 5.33. The summed E-state index contributed by atoms with van der Waals surface area (Å²) in [5.74, 6) is 0. The lowest BCUT2D eigenvalue weighted by atomic mass is 10.0. The lowest BCUT2D eigenvalue weighted by molar-refractivity contribution is -0.384. The predicted molar refractivity (Wildman–Crippen MR) is 57.6 cm³/mol. The molecule has 0 heterocycles. The van der Waals surface area contributed by atoms with Crippen LogP contribution in [0.1, 0.15) is 37.9 Å². The van der Waals surface area contributed by atoms with E-state index in [0.717, 1.165) is 18.4 Å². The number of non-ortho nitro benzene ring substituents is 1. The molecule has 15 heavy (non-hydrogen) atoms. The van der Waals surface area contributed by atoms with Crippen molar-refractivity contribution in [2.24, 2.45) is 0 Å². The molecular weight excluding hydrogens is 194 g/mol. The summed E-state index contributed by atoms with van der Waals surface area (Å²) in [5, 5.41) is 20.1. The van der Waals surface area contributed by atoms with Crippen LogP contribution in [0.15, 0.2) is 24.3 Å². The molecule has 0 bridgehead atoms. The van der Waals surface area contributed by atoms with E-state index in [1.165, 1.54) is 12.1 Å². The van der Waals surface area contributed by atoms with Gasteiger partial charge in [-0.1, -0.05) is 19.8 Å². The predicted octanol–water partition coefficient (Wildman–Crippen LogP) is 2.82. The number of hydrogen-bond donors (Lipinski definition) is 1. The Bertz CT molecular complexity index is 321. The number of hydrogen-bond acceptors (Lipinski definition) is 3. The van der Waals surface area contributed by atoms with Crippen LogP contribution in [0.5, 0.6) is 0 Å². The van der Waals surface area contributed by atoms with Gasteiger partial charge in [-0.2, -0.15) is 0 Å². The largest absolute Gasteiger partial charge is 0.388 e. The Morgan fingerprint density at radius 3 is 2.47 bits per heavy atom. The van der Waals surface area contributed by atoms with E-state index < -0.39 is 11.0 Å². The molecule has 0 aliphatic heterocycles. The van der Waals surface area contributed by atoms with Gasteiger partial charge in [-0.15, -0.1) is 0 Å². The summed E-state index contributed by atoms with van der Waals surface area (Å²) in [7, 11) is 0. The Kier molecular flexibility index (Phi) is 4.24. The minimum atomic E-state index is -0.509. The van der Waals surface area contributed by atoms with Gasteiger partial charge in [0.2, 0.25) is 0 Å². The molecular formula is C11H15NO3. The summed E-state index contributed by atoms with van der Waals surface area (Å²) in [5.41, 5.74) is 0.801. The van der Waals surface area contributed by atoms with Crippen LogP contribution in [0.3, 0.4) is 0 Å². The molecule has 1 atom stereocenters. The van der Waals surface area contributed by atoms with Gasteiger partial charge in [0.1, 0.15) is 0 Å². The monoisotopic (exact) mass is 209 g/mol. The first-order chi connectivity index (χ1) is 7.15. The second kappa shape index (κ2) is 5.46. The minimum Gasteiger partial charge on any atom is -0.388 e. The van der Waals surface area contributed by atoms with Crippen molar-refractivity contribution >= 4 is 5.69 Å². The molecule has 1 N–H and O–H groups in total. The van der Waals surface area contributed by atoms with Crippen molar-refractivity contribution in [2.75, 3.05) is 0 Å². The SMILES string of the molecule is CCCCC(O)c1ccc([N+](=O)[O-])cc1. The fraction of sp³-hybridized carbons (Fsp3) is 0.455. The van der Waals surface area contributed by atoms with Gasteiger partial charge in [0.25, 0.3) is 5.69 Å². The molecule has 1 aromatic carbocycles. The molecule has 0 spiro atoms. The Morgan fingerprint density at radius 1 is 1.40 bits per heavy atom. The lowest BCUT2D eigenvalue weighted by Gasteiger charge is -2.09. The Hall–Kier alpha value is -1.42. The Balaban J connectivity index is 2.66.